The SMILES string of the molecule is Cc1cc(CCCC(=O)N2CCNCC2)c(C)s1.Cl. The van der Waals surface area contributed by atoms with E-state index < -0.39 is 0 Å². The van der Waals surface area contributed by atoms with Gasteiger partial charge in [-0.1, -0.05) is 0 Å². The van der Waals surface area contributed by atoms with Gasteiger partial charge in [-0.15, -0.1) is 23.7 Å². The van der Waals surface area contributed by atoms with Gasteiger partial charge >= 0.3 is 0 Å². The summed E-state index contributed by atoms with van der Waals surface area (Å²) in [5, 5.41) is 3.27. The van der Waals surface area contributed by atoms with E-state index in [0.717, 1.165) is 39.0 Å². The summed E-state index contributed by atoms with van der Waals surface area (Å²) < 4.78 is 0. The average molecular weight is 303 g/mol. The molecule has 1 saturated heterocycles. The first-order chi connectivity index (χ1) is 8.66. The summed E-state index contributed by atoms with van der Waals surface area (Å²) in [6.07, 6.45) is 2.70. The number of rotatable bonds is 4. The van der Waals surface area contributed by atoms with Gasteiger partial charge < -0.3 is 10.2 Å². The van der Waals surface area contributed by atoms with Crippen molar-refractivity contribution >= 4 is 29.7 Å². The topological polar surface area (TPSA) is 32.3 Å². The fourth-order valence-corrected chi connectivity index (χ4v) is 3.41. The zero-order chi connectivity index (χ0) is 13.0. The molecular weight excluding hydrogens is 280 g/mol. The minimum Gasteiger partial charge on any atom is -0.340 e. The van der Waals surface area contributed by atoms with Crippen molar-refractivity contribution in [3.63, 3.8) is 0 Å². The van der Waals surface area contributed by atoms with E-state index in [-0.39, 0.29) is 12.4 Å². The van der Waals surface area contributed by atoms with Crippen LogP contribution in [0.2, 0.25) is 0 Å². The van der Waals surface area contributed by atoms with E-state index in [1.165, 1.54) is 15.3 Å². The van der Waals surface area contributed by atoms with Crippen LogP contribution in [0.5, 0.6) is 0 Å². The number of nitrogens with one attached hydrogen (secondary N) is 1. The highest BCUT2D eigenvalue weighted by molar-refractivity contribution is 7.12. The van der Waals surface area contributed by atoms with E-state index in [0.29, 0.717) is 12.3 Å². The summed E-state index contributed by atoms with van der Waals surface area (Å²) in [4.78, 5) is 16.7. The Kier molecular flexibility index (Phi) is 6.83. The summed E-state index contributed by atoms with van der Waals surface area (Å²) in [5.41, 5.74) is 1.42. The van der Waals surface area contributed by atoms with Gasteiger partial charge in [0.2, 0.25) is 5.91 Å². The number of piperazine rings is 1. The molecule has 0 aromatic carbocycles. The van der Waals surface area contributed by atoms with E-state index in [9.17, 15) is 4.79 Å². The average Bonchev–Trinajstić information content (AvgIpc) is 2.69. The van der Waals surface area contributed by atoms with Crippen LogP contribution in [-0.2, 0) is 11.2 Å². The van der Waals surface area contributed by atoms with Gasteiger partial charge in [-0.3, -0.25) is 4.79 Å². The predicted octanol–water partition coefficient (Wildman–Crippen LogP) is 2.54. The maximum absolute atomic E-state index is 12.0. The summed E-state index contributed by atoms with van der Waals surface area (Å²) in [6, 6.07) is 2.26. The molecule has 19 heavy (non-hydrogen) atoms. The molecule has 1 aliphatic heterocycles. The normalized spacial score (nSPS) is 15.2. The number of hydrogen-bond donors (Lipinski definition) is 1. The fourth-order valence-electron chi connectivity index (χ4n) is 2.43. The minimum absolute atomic E-state index is 0. The van der Waals surface area contributed by atoms with Crippen molar-refractivity contribution in [1.29, 1.82) is 0 Å². The van der Waals surface area contributed by atoms with Crippen molar-refractivity contribution in [2.75, 3.05) is 26.2 Å². The lowest BCUT2D eigenvalue weighted by Gasteiger charge is -2.27. The molecule has 0 saturated carbocycles. The van der Waals surface area contributed by atoms with E-state index in [1.807, 2.05) is 16.2 Å². The number of halogens is 1. The van der Waals surface area contributed by atoms with Crippen LogP contribution in [0.15, 0.2) is 6.07 Å². The molecule has 1 fully saturated rings. The molecule has 0 aliphatic carbocycles. The van der Waals surface area contributed by atoms with Gasteiger partial charge in [0, 0.05) is 42.4 Å². The highest BCUT2D eigenvalue weighted by Crippen LogP contribution is 2.22. The van der Waals surface area contributed by atoms with E-state index in [4.69, 9.17) is 0 Å². The molecule has 2 heterocycles. The van der Waals surface area contributed by atoms with Crippen LogP contribution < -0.4 is 5.32 Å². The molecule has 2 rings (SSSR count). The third kappa shape index (κ3) is 4.79. The van der Waals surface area contributed by atoms with Crippen molar-refractivity contribution < 1.29 is 4.79 Å². The van der Waals surface area contributed by atoms with Crippen LogP contribution in [-0.4, -0.2) is 37.0 Å². The maximum Gasteiger partial charge on any atom is 0.222 e. The van der Waals surface area contributed by atoms with Gasteiger partial charge in [0.15, 0.2) is 0 Å². The summed E-state index contributed by atoms with van der Waals surface area (Å²) in [6.45, 7) is 7.94. The molecule has 1 N–H and O–H groups in total. The Hall–Kier alpha value is -0.580. The highest BCUT2D eigenvalue weighted by Gasteiger charge is 2.15. The molecule has 1 amide bonds. The van der Waals surface area contributed by atoms with Gasteiger partial charge in [0.25, 0.3) is 0 Å². The van der Waals surface area contributed by atoms with Crippen LogP contribution in [0.25, 0.3) is 0 Å². The molecule has 5 heteroatoms. The summed E-state index contributed by atoms with van der Waals surface area (Å²) >= 11 is 1.85. The number of thiophene rings is 1. The van der Waals surface area contributed by atoms with E-state index >= 15 is 0 Å². The van der Waals surface area contributed by atoms with E-state index in [1.54, 1.807) is 0 Å². The quantitative estimate of drug-likeness (QED) is 0.927. The van der Waals surface area contributed by atoms with Crippen molar-refractivity contribution in [3.05, 3.63) is 21.4 Å². The zero-order valence-electron chi connectivity index (χ0n) is 11.7. The Morgan fingerprint density at radius 2 is 2.05 bits per heavy atom. The monoisotopic (exact) mass is 302 g/mol. The lowest BCUT2D eigenvalue weighted by Crippen LogP contribution is -2.46. The molecule has 3 nitrogen and oxygen atoms in total. The second-order valence-corrected chi connectivity index (χ2v) is 6.38. The van der Waals surface area contributed by atoms with Gasteiger partial charge in [0.1, 0.15) is 0 Å². The minimum atomic E-state index is 0. The number of nitrogens with zero attached hydrogens (tertiary/aromatic N) is 1. The van der Waals surface area contributed by atoms with Crippen LogP contribution in [0, 0.1) is 13.8 Å². The van der Waals surface area contributed by atoms with Crippen LogP contribution >= 0.6 is 23.7 Å². The number of carbonyl (C=O) groups excluding carboxylic acids is 1. The Balaban J connectivity index is 0.00000180. The lowest BCUT2D eigenvalue weighted by atomic mass is 10.1. The van der Waals surface area contributed by atoms with Crippen molar-refractivity contribution in [2.24, 2.45) is 0 Å². The second kappa shape index (κ2) is 7.88. The molecule has 1 aromatic rings. The Morgan fingerprint density at radius 3 is 2.63 bits per heavy atom. The largest absolute Gasteiger partial charge is 0.340 e. The van der Waals surface area contributed by atoms with Crippen molar-refractivity contribution in [2.45, 2.75) is 33.1 Å². The van der Waals surface area contributed by atoms with Crippen LogP contribution in [0.3, 0.4) is 0 Å². The number of carbonyl (C=O) groups is 1. The van der Waals surface area contributed by atoms with Crippen molar-refractivity contribution in [1.82, 2.24) is 10.2 Å². The molecule has 0 unspecified atom stereocenters. The molecule has 1 aromatic heterocycles. The van der Waals surface area contributed by atoms with Gasteiger partial charge in [-0.25, -0.2) is 0 Å². The smallest absolute Gasteiger partial charge is 0.222 e. The third-order valence-corrected chi connectivity index (χ3v) is 4.46. The number of aryl methyl sites for hydroxylation is 3. The first-order valence-corrected chi connectivity index (χ1v) is 7.53. The Bertz CT molecular complexity index is 414. The maximum atomic E-state index is 12.0. The Labute approximate surface area is 125 Å². The van der Waals surface area contributed by atoms with Crippen LogP contribution in [0.4, 0.5) is 0 Å². The summed E-state index contributed by atoms with van der Waals surface area (Å²) in [7, 11) is 0. The number of amides is 1. The first kappa shape index (κ1) is 16.5. The third-order valence-electron chi connectivity index (χ3n) is 3.45. The Morgan fingerprint density at radius 1 is 1.37 bits per heavy atom. The van der Waals surface area contributed by atoms with Gasteiger partial charge in [-0.05, 0) is 38.3 Å². The van der Waals surface area contributed by atoms with E-state index in [2.05, 4.69) is 25.2 Å². The molecule has 0 bridgehead atoms. The predicted molar refractivity (Wildman–Crippen MR) is 83.4 cm³/mol. The molecule has 108 valence electrons. The molecule has 0 spiro atoms. The van der Waals surface area contributed by atoms with Crippen LogP contribution in [0.1, 0.15) is 28.2 Å². The van der Waals surface area contributed by atoms with Gasteiger partial charge in [-0.2, -0.15) is 0 Å². The first-order valence-electron chi connectivity index (χ1n) is 6.71. The summed E-state index contributed by atoms with van der Waals surface area (Å²) in [5.74, 6) is 0.320. The number of hydrogen-bond acceptors (Lipinski definition) is 3. The lowest BCUT2D eigenvalue weighted by molar-refractivity contribution is -0.131. The highest BCUT2D eigenvalue weighted by atomic mass is 35.5. The molecular formula is C14H23ClN2OS. The van der Waals surface area contributed by atoms with Gasteiger partial charge in [0.05, 0.1) is 0 Å². The van der Waals surface area contributed by atoms with Crippen molar-refractivity contribution in [3.8, 4) is 0 Å². The standard InChI is InChI=1S/C14H22N2OS.ClH/c1-11-10-13(12(2)18-11)4-3-5-14(17)16-8-6-15-7-9-16;/h10,15H,3-9H2,1-2H3;1H. The molecule has 1 aliphatic rings. The molecule has 0 atom stereocenters. The molecule has 0 radical (unpaired) electrons. The second-order valence-electron chi connectivity index (χ2n) is 4.92. The fraction of sp³-hybridized carbons (Fsp3) is 0.643. The zero-order valence-corrected chi connectivity index (χ0v) is 13.3.